The molecule has 0 aliphatic carbocycles. The third-order valence-corrected chi connectivity index (χ3v) is 3.02. The van der Waals surface area contributed by atoms with Crippen LogP contribution in [0.2, 0.25) is 0 Å². The molecule has 80 valence electrons. The second kappa shape index (κ2) is 3.77. The van der Waals surface area contributed by atoms with Crippen molar-refractivity contribution in [2.75, 3.05) is 19.6 Å². The van der Waals surface area contributed by atoms with Crippen LogP contribution >= 0.6 is 0 Å². The smallest absolute Gasteiger partial charge is 0.410 e. The summed E-state index contributed by atoms with van der Waals surface area (Å²) >= 11 is 0. The lowest BCUT2D eigenvalue weighted by Gasteiger charge is -2.23. The van der Waals surface area contributed by atoms with Crippen LogP contribution in [-0.2, 0) is 4.74 Å². The summed E-state index contributed by atoms with van der Waals surface area (Å²) in [4.78, 5) is 13.6. The Morgan fingerprint density at radius 1 is 1.50 bits per heavy atom. The van der Waals surface area contributed by atoms with Gasteiger partial charge in [-0.05, 0) is 26.2 Å². The highest BCUT2D eigenvalue weighted by atomic mass is 16.6. The van der Waals surface area contributed by atoms with Crippen LogP contribution in [0.4, 0.5) is 4.79 Å². The molecule has 2 atom stereocenters. The van der Waals surface area contributed by atoms with Gasteiger partial charge in [-0.15, -0.1) is 0 Å². The van der Waals surface area contributed by atoms with Gasteiger partial charge in [0.2, 0.25) is 0 Å². The first-order chi connectivity index (χ1) is 6.68. The van der Waals surface area contributed by atoms with Crippen LogP contribution in [-0.4, -0.2) is 42.8 Å². The van der Waals surface area contributed by atoms with Crippen LogP contribution in [0.25, 0.3) is 0 Å². The predicted octanol–water partition coefficient (Wildman–Crippen LogP) is 0.825. The van der Waals surface area contributed by atoms with Crippen LogP contribution < -0.4 is 5.32 Å². The molecular weight excluding hydrogens is 180 g/mol. The van der Waals surface area contributed by atoms with Crippen LogP contribution in [0, 0.1) is 5.92 Å². The number of fused-ring (bicyclic) bond motifs is 1. The van der Waals surface area contributed by atoms with Crippen LogP contribution in [0.15, 0.2) is 0 Å². The van der Waals surface area contributed by atoms with Gasteiger partial charge in [-0.25, -0.2) is 4.79 Å². The largest absolute Gasteiger partial charge is 0.447 e. The van der Waals surface area contributed by atoms with Crippen LogP contribution in [0.3, 0.4) is 0 Å². The van der Waals surface area contributed by atoms with Gasteiger partial charge in [0.25, 0.3) is 0 Å². The highest BCUT2D eigenvalue weighted by Crippen LogP contribution is 2.27. The average Bonchev–Trinajstić information content (AvgIpc) is 2.59. The third-order valence-electron chi connectivity index (χ3n) is 3.02. The fraction of sp³-hybridized carbons (Fsp3) is 0.900. The maximum Gasteiger partial charge on any atom is 0.410 e. The quantitative estimate of drug-likeness (QED) is 0.678. The highest BCUT2D eigenvalue weighted by molar-refractivity contribution is 5.68. The molecular formula is C10H18N2O2. The van der Waals surface area contributed by atoms with Crippen LogP contribution in [0.1, 0.15) is 20.3 Å². The monoisotopic (exact) mass is 198 g/mol. The Labute approximate surface area is 84.6 Å². The van der Waals surface area contributed by atoms with E-state index in [2.05, 4.69) is 5.32 Å². The lowest BCUT2D eigenvalue weighted by atomic mass is 10.1. The minimum absolute atomic E-state index is 0.0177. The van der Waals surface area contributed by atoms with E-state index in [1.807, 2.05) is 18.7 Å². The lowest BCUT2D eigenvalue weighted by Crippen LogP contribution is -2.40. The fourth-order valence-corrected chi connectivity index (χ4v) is 2.35. The van der Waals surface area contributed by atoms with Crippen molar-refractivity contribution in [2.45, 2.75) is 32.4 Å². The normalized spacial score (nSPS) is 30.9. The van der Waals surface area contributed by atoms with Gasteiger partial charge in [0, 0.05) is 19.6 Å². The zero-order valence-electron chi connectivity index (χ0n) is 8.82. The van der Waals surface area contributed by atoms with E-state index in [4.69, 9.17) is 4.74 Å². The van der Waals surface area contributed by atoms with Crippen molar-refractivity contribution in [3.63, 3.8) is 0 Å². The Kier molecular flexibility index (Phi) is 2.63. The number of carbonyl (C=O) groups is 1. The molecule has 0 saturated carbocycles. The maximum atomic E-state index is 11.7. The Morgan fingerprint density at radius 3 is 3.00 bits per heavy atom. The SMILES string of the molecule is CC(C)OC(=O)N1CC[C@H]2CNC[C@H]21. The second-order valence-corrected chi connectivity index (χ2v) is 4.40. The molecule has 0 aromatic heterocycles. The Balaban J connectivity index is 1.94. The Bertz CT molecular complexity index is 230. The number of nitrogens with one attached hydrogen (secondary N) is 1. The summed E-state index contributed by atoms with van der Waals surface area (Å²) in [5, 5.41) is 3.31. The number of nitrogens with zero attached hydrogens (tertiary/aromatic N) is 1. The molecule has 0 unspecified atom stereocenters. The van der Waals surface area contributed by atoms with E-state index >= 15 is 0 Å². The summed E-state index contributed by atoms with van der Waals surface area (Å²) in [5.74, 6) is 0.648. The van der Waals surface area contributed by atoms with Crippen molar-refractivity contribution in [3.8, 4) is 0 Å². The van der Waals surface area contributed by atoms with Crippen molar-refractivity contribution in [3.05, 3.63) is 0 Å². The number of carbonyl (C=O) groups excluding carboxylic acids is 1. The topological polar surface area (TPSA) is 41.6 Å². The zero-order valence-corrected chi connectivity index (χ0v) is 8.82. The number of hydrogen-bond acceptors (Lipinski definition) is 3. The molecule has 2 rings (SSSR count). The molecule has 2 aliphatic heterocycles. The summed E-state index contributed by atoms with van der Waals surface area (Å²) < 4.78 is 5.20. The summed E-state index contributed by atoms with van der Waals surface area (Å²) in [7, 11) is 0. The van der Waals surface area contributed by atoms with Crippen molar-refractivity contribution in [2.24, 2.45) is 5.92 Å². The first-order valence-corrected chi connectivity index (χ1v) is 5.36. The highest BCUT2D eigenvalue weighted by Gasteiger charge is 2.40. The molecule has 0 bridgehead atoms. The van der Waals surface area contributed by atoms with Gasteiger partial charge in [-0.1, -0.05) is 0 Å². The molecule has 4 nitrogen and oxygen atoms in total. The molecule has 2 heterocycles. The van der Waals surface area contributed by atoms with Gasteiger partial charge in [-0.3, -0.25) is 0 Å². The molecule has 0 aromatic carbocycles. The third kappa shape index (κ3) is 1.71. The van der Waals surface area contributed by atoms with Crippen molar-refractivity contribution in [1.82, 2.24) is 10.2 Å². The Morgan fingerprint density at radius 2 is 2.29 bits per heavy atom. The van der Waals surface area contributed by atoms with Gasteiger partial charge in [0.05, 0.1) is 12.1 Å². The molecule has 1 amide bonds. The molecule has 14 heavy (non-hydrogen) atoms. The van der Waals surface area contributed by atoms with E-state index in [0.29, 0.717) is 12.0 Å². The van der Waals surface area contributed by atoms with E-state index in [-0.39, 0.29) is 12.2 Å². The molecule has 1 N–H and O–H groups in total. The van der Waals surface area contributed by atoms with Crippen molar-refractivity contribution < 1.29 is 9.53 Å². The van der Waals surface area contributed by atoms with E-state index < -0.39 is 0 Å². The number of amides is 1. The minimum atomic E-state index is -0.142. The molecule has 0 aromatic rings. The first-order valence-electron chi connectivity index (χ1n) is 5.36. The standard InChI is InChI=1S/C10H18N2O2/c1-7(2)14-10(13)12-4-3-8-5-11-6-9(8)12/h7-9,11H,3-6H2,1-2H3/t8-,9+/m0/s1. The van der Waals surface area contributed by atoms with Gasteiger partial charge in [-0.2, -0.15) is 0 Å². The number of likely N-dealkylation sites (tertiary alicyclic amines) is 1. The average molecular weight is 198 g/mol. The molecule has 2 fully saturated rings. The summed E-state index contributed by atoms with van der Waals surface area (Å²) in [6.07, 6.45) is 0.956. The summed E-state index contributed by atoms with van der Waals surface area (Å²) in [6.45, 7) is 6.62. The van der Waals surface area contributed by atoms with E-state index in [1.165, 1.54) is 0 Å². The van der Waals surface area contributed by atoms with Gasteiger partial charge in [0.1, 0.15) is 0 Å². The molecule has 0 spiro atoms. The van der Waals surface area contributed by atoms with Gasteiger partial charge >= 0.3 is 6.09 Å². The number of rotatable bonds is 1. The lowest BCUT2D eigenvalue weighted by molar-refractivity contribution is 0.0734. The van der Waals surface area contributed by atoms with E-state index in [9.17, 15) is 4.79 Å². The van der Waals surface area contributed by atoms with E-state index in [1.54, 1.807) is 0 Å². The predicted molar refractivity (Wildman–Crippen MR) is 53.1 cm³/mol. The fourth-order valence-electron chi connectivity index (χ4n) is 2.35. The molecule has 4 heteroatoms. The minimum Gasteiger partial charge on any atom is -0.447 e. The Hall–Kier alpha value is -0.770. The molecule has 0 radical (unpaired) electrons. The molecule has 2 saturated heterocycles. The number of hydrogen-bond donors (Lipinski definition) is 1. The van der Waals surface area contributed by atoms with Crippen LogP contribution in [0.5, 0.6) is 0 Å². The van der Waals surface area contributed by atoms with Crippen molar-refractivity contribution >= 4 is 6.09 Å². The van der Waals surface area contributed by atoms with Crippen molar-refractivity contribution in [1.29, 1.82) is 0 Å². The van der Waals surface area contributed by atoms with Gasteiger partial charge in [0.15, 0.2) is 0 Å². The zero-order chi connectivity index (χ0) is 10.1. The maximum absolute atomic E-state index is 11.7. The van der Waals surface area contributed by atoms with Gasteiger partial charge < -0.3 is 15.0 Å². The molecule has 2 aliphatic rings. The second-order valence-electron chi connectivity index (χ2n) is 4.40. The number of ether oxygens (including phenoxy) is 1. The van der Waals surface area contributed by atoms with E-state index in [0.717, 1.165) is 26.1 Å². The summed E-state index contributed by atoms with van der Waals surface area (Å²) in [6, 6.07) is 0.376. The summed E-state index contributed by atoms with van der Waals surface area (Å²) in [5.41, 5.74) is 0. The first kappa shape index (κ1) is 9.77.